The SMILES string of the molecule is CC[C@H]1OC(=O)[C@H](C)[C@H](O)[C@H](C)[C@@H](O[C@@H]2O[C@H](C)C[C@H](N(C)C(=O)N3CCOCC3)[C@H]2O)[C@](C)(OC)C[C@@H](C)C(=O)C(C)[C@H]2C(SCCN(Cc3c(Cl)cncc3Cl)c3ccc(OC)c(OC4CCCC4)c3)C(=O)O[C@@]21C. The standard InChI is InChI=1S/C56H82Cl2N4O14S/c1-12-44-56(8)45(49(52(67)76-56)77-24-21-62(30-38-39(57)28-59-29-40(38)58)36-17-18-42(69-10)43(26-36)73-37-15-13-14-16-37)33(4)46(63)31(2)27-55(7,70-11)50(34(5)47(64)35(6)51(66)74-44)75-53-48(65)41(25-32(3)72-53)60(9)54(68)61-19-22-71-23-20-61/h17-18,26,28-29,31-35,37,41,44-45,47-50,53,64-65H,12-16,19-25,27,30H2,1-11H3/t31-,32-,33?,34+,35-,41+,44-,45+,47-,48-,49?,50-,53+,55-,56-/m1/s1. The monoisotopic (exact) mass is 1140 g/mol. The third-order valence-electron chi connectivity index (χ3n) is 17.0. The Bertz CT molecular complexity index is 2340. The number of aliphatic hydroxyl groups excluding tert-OH is 2. The van der Waals surface area contributed by atoms with E-state index in [2.05, 4.69) is 9.88 Å². The maximum absolute atomic E-state index is 15.3. The van der Waals surface area contributed by atoms with Gasteiger partial charge in [-0.25, -0.2) is 4.79 Å². The molecule has 5 fully saturated rings. The maximum Gasteiger partial charge on any atom is 0.320 e. The van der Waals surface area contributed by atoms with E-state index in [0.717, 1.165) is 31.4 Å². The van der Waals surface area contributed by atoms with Crippen molar-refractivity contribution in [3.63, 3.8) is 0 Å². The number of methoxy groups -OCH3 is 2. The third-order valence-corrected chi connectivity index (χ3v) is 18.9. The van der Waals surface area contributed by atoms with E-state index >= 15 is 4.79 Å². The predicted octanol–water partition coefficient (Wildman–Crippen LogP) is 8.00. The lowest BCUT2D eigenvalue weighted by molar-refractivity contribution is -0.300. The van der Waals surface area contributed by atoms with Crippen LogP contribution >= 0.6 is 35.0 Å². The zero-order valence-corrected chi connectivity index (χ0v) is 48.9. The first kappa shape index (κ1) is 61.0. The number of hydrogen-bond acceptors (Lipinski definition) is 17. The van der Waals surface area contributed by atoms with Crippen molar-refractivity contribution in [3.8, 4) is 11.5 Å². The highest BCUT2D eigenvalue weighted by molar-refractivity contribution is 8.00. The molecule has 0 bridgehead atoms. The fourth-order valence-corrected chi connectivity index (χ4v) is 14.4. The number of benzene rings is 1. The van der Waals surface area contributed by atoms with E-state index in [1.54, 1.807) is 73.0 Å². The van der Waals surface area contributed by atoms with Gasteiger partial charge in [-0.3, -0.25) is 19.4 Å². The summed E-state index contributed by atoms with van der Waals surface area (Å²) in [7, 11) is 4.74. The Balaban J connectivity index is 1.18. The van der Waals surface area contributed by atoms with Crippen LogP contribution in [0.2, 0.25) is 10.0 Å². The van der Waals surface area contributed by atoms with Crippen molar-refractivity contribution in [1.29, 1.82) is 0 Å². The van der Waals surface area contributed by atoms with Gasteiger partial charge in [0.05, 0.1) is 72.3 Å². The molecule has 0 spiro atoms. The number of anilines is 1. The lowest BCUT2D eigenvalue weighted by Gasteiger charge is -2.48. The number of amides is 2. The van der Waals surface area contributed by atoms with Gasteiger partial charge in [0.15, 0.2) is 23.4 Å². The topological polar surface area (TPSA) is 205 Å². The number of fused-ring (bicyclic) bond motifs is 1. The summed E-state index contributed by atoms with van der Waals surface area (Å²) < 4.78 is 49.9. The van der Waals surface area contributed by atoms with Crippen molar-refractivity contribution >= 4 is 64.4 Å². The first-order valence-corrected chi connectivity index (χ1v) is 29.2. The number of carbonyl (C=O) groups excluding carboxylic acids is 4. The Hall–Kier alpha value is -3.66. The quantitative estimate of drug-likeness (QED) is 0.162. The molecule has 4 saturated heterocycles. The molecule has 2 unspecified atom stereocenters. The molecule has 1 aromatic heterocycles. The number of thioether (sulfide) groups is 1. The van der Waals surface area contributed by atoms with Crippen molar-refractivity contribution in [2.45, 2.75) is 172 Å². The van der Waals surface area contributed by atoms with Gasteiger partial charge in [-0.1, -0.05) is 50.9 Å². The average Bonchev–Trinajstić information content (AvgIpc) is 4.07. The third kappa shape index (κ3) is 13.4. The summed E-state index contributed by atoms with van der Waals surface area (Å²) >= 11 is 14.8. The molecule has 1 aromatic carbocycles. The van der Waals surface area contributed by atoms with Crippen LogP contribution < -0.4 is 14.4 Å². The van der Waals surface area contributed by atoms with Gasteiger partial charge in [0, 0.05) is 99.5 Å². The fraction of sp³-hybridized carbons (Fsp3) is 0.732. The van der Waals surface area contributed by atoms with E-state index in [4.69, 9.17) is 61.1 Å². The van der Waals surface area contributed by atoms with Crippen LogP contribution in [0.3, 0.4) is 0 Å². The number of likely N-dealkylation sites (N-methyl/N-ethyl adjacent to an activating group) is 1. The number of morpholine rings is 1. The van der Waals surface area contributed by atoms with E-state index in [1.165, 1.54) is 23.8 Å². The minimum atomic E-state index is -1.46. The van der Waals surface area contributed by atoms with Crippen molar-refractivity contribution in [1.82, 2.24) is 14.8 Å². The zero-order valence-electron chi connectivity index (χ0n) is 46.6. The highest BCUT2D eigenvalue weighted by Crippen LogP contribution is 2.49. The molecule has 2 amide bonds. The predicted molar refractivity (Wildman–Crippen MR) is 292 cm³/mol. The van der Waals surface area contributed by atoms with Crippen molar-refractivity contribution in [2.75, 3.05) is 64.8 Å². The van der Waals surface area contributed by atoms with Crippen molar-refractivity contribution in [2.24, 2.45) is 29.6 Å². The molecule has 1 saturated carbocycles. The first-order valence-electron chi connectivity index (χ1n) is 27.3. The summed E-state index contributed by atoms with van der Waals surface area (Å²) in [5, 5.41) is 24.2. The van der Waals surface area contributed by atoms with E-state index < -0.39 is 101 Å². The highest BCUT2D eigenvalue weighted by atomic mass is 35.5. The number of nitrogens with zero attached hydrogens (tertiary/aromatic N) is 4. The summed E-state index contributed by atoms with van der Waals surface area (Å²) in [5.41, 5.74) is -1.34. The highest BCUT2D eigenvalue weighted by Gasteiger charge is 2.62. The number of halogens is 2. The van der Waals surface area contributed by atoms with Crippen molar-refractivity contribution < 1.29 is 67.3 Å². The second-order valence-electron chi connectivity index (χ2n) is 22.2. The number of ether oxygens (including phenoxy) is 8. The molecule has 1 aliphatic carbocycles. The first-order chi connectivity index (χ1) is 36.6. The molecule has 0 radical (unpaired) electrons. The minimum absolute atomic E-state index is 0.0676. The van der Waals surface area contributed by atoms with Crippen molar-refractivity contribution in [3.05, 3.63) is 46.2 Å². The van der Waals surface area contributed by atoms with Crippen LogP contribution in [0.5, 0.6) is 11.5 Å². The number of aliphatic hydroxyl groups is 2. The molecule has 5 aliphatic rings. The fourth-order valence-electron chi connectivity index (χ4n) is 12.4. The van der Waals surface area contributed by atoms with E-state index in [1.807, 2.05) is 32.0 Å². The number of hydrogen-bond donors (Lipinski definition) is 2. The summed E-state index contributed by atoms with van der Waals surface area (Å²) in [5.74, 6) is -4.22. The summed E-state index contributed by atoms with van der Waals surface area (Å²) in [6, 6.07) is 4.79. The Labute approximate surface area is 468 Å². The molecule has 21 heteroatoms. The molecule has 430 valence electrons. The van der Waals surface area contributed by atoms with E-state index in [0.29, 0.717) is 72.1 Å². The van der Waals surface area contributed by atoms with Gasteiger partial charge in [0.1, 0.15) is 23.2 Å². The normalized spacial score (nSPS) is 34.7. The Morgan fingerprint density at radius 3 is 2.26 bits per heavy atom. The molecular weight excluding hydrogens is 1060 g/mol. The summed E-state index contributed by atoms with van der Waals surface area (Å²) in [6.45, 7) is 16.4. The van der Waals surface area contributed by atoms with Crippen LogP contribution in [0.25, 0.3) is 0 Å². The van der Waals surface area contributed by atoms with Gasteiger partial charge in [-0.05, 0) is 84.8 Å². The van der Waals surface area contributed by atoms with Crippen LogP contribution in [0.15, 0.2) is 30.6 Å². The van der Waals surface area contributed by atoms with E-state index in [9.17, 15) is 24.6 Å². The molecule has 2 N–H and O–H groups in total. The number of urea groups is 1. The number of cyclic esters (lactones) is 1. The number of ketones is 1. The number of carbonyl (C=O) groups is 4. The summed E-state index contributed by atoms with van der Waals surface area (Å²) in [6.07, 6.45) is 1.27. The zero-order chi connectivity index (χ0) is 56.1. The largest absolute Gasteiger partial charge is 0.493 e. The molecule has 77 heavy (non-hydrogen) atoms. The Morgan fingerprint density at radius 2 is 1.62 bits per heavy atom. The van der Waals surface area contributed by atoms with Gasteiger partial charge in [0.2, 0.25) is 0 Å². The maximum atomic E-state index is 15.3. The molecule has 7 rings (SSSR count). The lowest BCUT2D eigenvalue weighted by Crippen LogP contribution is -2.62. The molecule has 2 aromatic rings. The number of Topliss-reactive ketones (excluding diaryl/α,β-unsaturated/α-hetero) is 1. The Kier molecular flexibility index (Phi) is 20.8. The van der Waals surface area contributed by atoms with Gasteiger partial charge >= 0.3 is 18.0 Å². The Morgan fingerprint density at radius 1 is 0.948 bits per heavy atom. The average molecular weight is 1140 g/mol. The van der Waals surface area contributed by atoms with Gasteiger partial charge in [-0.15, -0.1) is 11.8 Å². The molecular formula is C56H82Cl2N4O14S. The van der Waals surface area contributed by atoms with E-state index in [-0.39, 0.29) is 37.3 Å². The molecule has 15 atom stereocenters. The molecule has 4 aliphatic heterocycles. The van der Waals surface area contributed by atoms with Gasteiger partial charge in [-0.2, -0.15) is 0 Å². The number of pyridine rings is 1. The number of esters is 2. The second kappa shape index (κ2) is 26.3. The van der Waals surface area contributed by atoms with Crippen LogP contribution in [-0.4, -0.2) is 174 Å². The summed E-state index contributed by atoms with van der Waals surface area (Å²) in [4.78, 5) is 67.4. The van der Waals surface area contributed by atoms with Crippen LogP contribution in [-0.2, 0) is 49.3 Å². The lowest BCUT2D eigenvalue weighted by atomic mass is 9.70. The molecule has 5 heterocycles. The number of aromatic nitrogens is 1. The van der Waals surface area contributed by atoms with Crippen LogP contribution in [0.1, 0.15) is 106 Å². The smallest absolute Gasteiger partial charge is 0.320 e. The van der Waals surface area contributed by atoms with Crippen LogP contribution in [0, 0.1) is 29.6 Å². The van der Waals surface area contributed by atoms with Gasteiger partial charge < -0.3 is 62.8 Å². The van der Waals surface area contributed by atoms with Gasteiger partial charge in [0.25, 0.3) is 0 Å². The van der Waals surface area contributed by atoms with Crippen LogP contribution in [0.4, 0.5) is 10.5 Å². The second-order valence-corrected chi connectivity index (χ2v) is 24.3. The minimum Gasteiger partial charge on any atom is -0.493 e. The molecule has 18 nitrogen and oxygen atoms in total. The number of rotatable bonds is 15.